The van der Waals surface area contributed by atoms with Gasteiger partial charge in [0.25, 0.3) is 0 Å². The van der Waals surface area contributed by atoms with E-state index in [1.165, 1.54) is 44.3 Å². The molecule has 0 spiro atoms. The lowest BCUT2D eigenvalue weighted by molar-refractivity contribution is 0.275. The molecule has 0 bridgehead atoms. The number of ether oxygens (including phenoxy) is 1. The molecule has 0 amide bonds. The molecule has 1 saturated heterocycles. The SMILES string of the molecule is NC1=NS(=O)(=O)N=C1NCCCOc1cccc(CN2CCCCCC2)c1. The maximum absolute atomic E-state index is 11.2. The maximum Gasteiger partial charge on any atom is 0.367 e. The molecule has 0 radical (unpaired) electrons. The monoisotopic (exact) mass is 393 g/mol. The molecule has 27 heavy (non-hydrogen) atoms. The van der Waals surface area contributed by atoms with Crippen molar-refractivity contribution >= 4 is 21.9 Å². The van der Waals surface area contributed by atoms with Gasteiger partial charge in [0.15, 0.2) is 11.7 Å². The number of benzene rings is 1. The average Bonchev–Trinajstić information content (AvgIpc) is 2.79. The molecule has 3 N–H and O–H groups in total. The van der Waals surface area contributed by atoms with Crippen LogP contribution in [-0.2, 0) is 16.8 Å². The summed E-state index contributed by atoms with van der Waals surface area (Å²) in [6.07, 6.45) is 5.92. The van der Waals surface area contributed by atoms with E-state index in [-0.39, 0.29) is 11.7 Å². The molecule has 1 aromatic rings. The van der Waals surface area contributed by atoms with Crippen LogP contribution in [-0.4, -0.2) is 51.2 Å². The lowest BCUT2D eigenvalue weighted by Gasteiger charge is -2.20. The van der Waals surface area contributed by atoms with Crippen LogP contribution in [0.15, 0.2) is 33.1 Å². The topological polar surface area (TPSA) is 109 Å². The summed E-state index contributed by atoms with van der Waals surface area (Å²) >= 11 is 0. The third-order valence-electron chi connectivity index (χ3n) is 4.55. The van der Waals surface area contributed by atoms with E-state index in [2.05, 4.69) is 31.1 Å². The van der Waals surface area contributed by atoms with Gasteiger partial charge in [0.05, 0.1) is 6.61 Å². The maximum atomic E-state index is 11.2. The zero-order valence-electron chi connectivity index (χ0n) is 15.4. The summed E-state index contributed by atoms with van der Waals surface area (Å²) in [6, 6.07) is 8.21. The van der Waals surface area contributed by atoms with Crippen LogP contribution >= 0.6 is 0 Å². The van der Waals surface area contributed by atoms with E-state index in [0.29, 0.717) is 19.6 Å². The van der Waals surface area contributed by atoms with E-state index in [0.717, 1.165) is 12.3 Å². The second-order valence-corrected chi connectivity index (χ2v) is 8.09. The van der Waals surface area contributed by atoms with Crippen LogP contribution < -0.4 is 15.8 Å². The Kier molecular flexibility index (Phi) is 6.68. The van der Waals surface area contributed by atoms with E-state index in [4.69, 9.17) is 10.5 Å². The molecule has 0 aromatic heterocycles. The van der Waals surface area contributed by atoms with Gasteiger partial charge in [-0.1, -0.05) is 25.0 Å². The second-order valence-electron chi connectivity index (χ2n) is 6.83. The van der Waals surface area contributed by atoms with Gasteiger partial charge in [0.1, 0.15) is 5.75 Å². The Hall–Kier alpha value is -2.13. The summed E-state index contributed by atoms with van der Waals surface area (Å²) < 4.78 is 34.9. The molecule has 1 fully saturated rings. The Bertz CT molecular complexity index is 799. The quantitative estimate of drug-likeness (QED) is 0.679. The van der Waals surface area contributed by atoms with E-state index in [1.54, 1.807) is 0 Å². The van der Waals surface area contributed by atoms with Crippen LogP contribution in [0, 0.1) is 0 Å². The van der Waals surface area contributed by atoms with Crippen LogP contribution in [0.2, 0.25) is 0 Å². The van der Waals surface area contributed by atoms with Gasteiger partial charge in [-0.2, -0.15) is 8.42 Å². The molecular weight excluding hydrogens is 366 g/mol. The van der Waals surface area contributed by atoms with Gasteiger partial charge >= 0.3 is 10.2 Å². The van der Waals surface area contributed by atoms with Gasteiger partial charge in [0, 0.05) is 13.1 Å². The molecule has 0 unspecified atom stereocenters. The van der Waals surface area contributed by atoms with Gasteiger partial charge in [-0.3, -0.25) is 4.90 Å². The first-order valence-corrected chi connectivity index (χ1v) is 10.8. The standard InChI is InChI=1S/C18H27N5O3S/c19-17-18(22-27(24,25)21-17)20-9-6-12-26-16-8-5-7-15(13-16)14-23-10-3-1-2-4-11-23/h5,7-8,13H,1-4,6,9-12,14H2,(H2,19,21)(H,20,22). The molecule has 2 aliphatic rings. The predicted octanol–water partition coefficient (Wildman–Crippen LogP) is 1.44. The van der Waals surface area contributed by atoms with Crippen molar-refractivity contribution in [3.63, 3.8) is 0 Å². The van der Waals surface area contributed by atoms with Crippen LogP contribution in [0.4, 0.5) is 0 Å². The zero-order valence-corrected chi connectivity index (χ0v) is 16.2. The summed E-state index contributed by atoms with van der Waals surface area (Å²) in [5, 5.41) is 2.87. The Morgan fingerprint density at radius 1 is 1.15 bits per heavy atom. The summed E-state index contributed by atoms with van der Waals surface area (Å²) in [7, 11) is -3.80. The van der Waals surface area contributed by atoms with Crippen LogP contribution in [0.5, 0.6) is 5.75 Å². The minimum absolute atomic E-state index is 0.0999. The minimum atomic E-state index is -3.80. The van der Waals surface area contributed by atoms with E-state index in [1.807, 2.05) is 12.1 Å². The van der Waals surface area contributed by atoms with Crippen molar-refractivity contribution in [3.05, 3.63) is 29.8 Å². The highest BCUT2D eigenvalue weighted by atomic mass is 32.2. The lowest BCUT2D eigenvalue weighted by atomic mass is 10.2. The van der Waals surface area contributed by atoms with E-state index in [9.17, 15) is 8.42 Å². The highest BCUT2D eigenvalue weighted by Crippen LogP contribution is 2.17. The second kappa shape index (κ2) is 9.18. The number of nitrogens with two attached hydrogens (primary N) is 1. The van der Waals surface area contributed by atoms with Gasteiger partial charge in [-0.25, -0.2) is 0 Å². The highest BCUT2D eigenvalue weighted by molar-refractivity contribution is 7.89. The average molecular weight is 394 g/mol. The van der Waals surface area contributed by atoms with Gasteiger partial charge < -0.3 is 15.8 Å². The number of rotatable bonds is 7. The van der Waals surface area contributed by atoms with Crippen molar-refractivity contribution in [3.8, 4) is 5.75 Å². The normalized spacial score (nSPS) is 19.9. The third-order valence-corrected chi connectivity index (χ3v) is 5.39. The van der Waals surface area contributed by atoms with Crippen molar-refractivity contribution < 1.29 is 13.2 Å². The fraction of sp³-hybridized carbons (Fsp3) is 0.556. The predicted molar refractivity (Wildman–Crippen MR) is 106 cm³/mol. The first-order chi connectivity index (χ1) is 13.0. The molecule has 2 aliphatic heterocycles. The molecule has 1 aromatic carbocycles. The molecule has 8 nitrogen and oxygen atoms in total. The summed E-state index contributed by atoms with van der Waals surface area (Å²) in [5.74, 6) is 0.857. The number of amidine groups is 2. The molecule has 2 heterocycles. The van der Waals surface area contributed by atoms with Gasteiger partial charge in [0.2, 0.25) is 0 Å². The van der Waals surface area contributed by atoms with Crippen LogP contribution in [0.25, 0.3) is 0 Å². The number of likely N-dealkylation sites (tertiary alicyclic amines) is 1. The van der Waals surface area contributed by atoms with E-state index < -0.39 is 10.2 Å². The van der Waals surface area contributed by atoms with Gasteiger partial charge in [-0.05, 0) is 50.0 Å². The first kappa shape index (κ1) is 19.6. The highest BCUT2D eigenvalue weighted by Gasteiger charge is 2.20. The molecule has 0 atom stereocenters. The van der Waals surface area contributed by atoms with Crippen molar-refractivity contribution in [1.82, 2.24) is 10.2 Å². The third kappa shape index (κ3) is 6.21. The molecule has 0 aliphatic carbocycles. The molecule has 3 rings (SSSR count). The Labute approximate surface area is 160 Å². The van der Waals surface area contributed by atoms with Crippen LogP contribution in [0.1, 0.15) is 37.7 Å². The Balaban J connectivity index is 1.40. The number of nitrogens with one attached hydrogen (secondary N) is 1. The fourth-order valence-corrected chi connectivity index (χ4v) is 3.99. The fourth-order valence-electron chi connectivity index (χ4n) is 3.23. The summed E-state index contributed by atoms with van der Waals surface area (Å²) in [6.45, 7) is 4.31. The molecule has 0 saturated carbocycles. The number of nitrogens with zero attached hydrogens (tertiary/aromatic N) is 3. The molecule has 148 valence electrons. The Morgan fingerprint density at radius 3 is 2.63 bits per heavy atom. The Morgan fingerprint density at radius 2 is 1.93 bits per heavy atom. The number of hydrogen-bond acceptors (Lipinski definition) is 6. The summed E-state index contributed by atoms with van der Waals surface area (Å²) in [4.78, 5) is 2.51. The van der Waals surface area contributed by atoms with Crippen LogP contribution in [0.3, 0.4) is 0 Å². The van der Waals surface area contributed by atoms with Crippen molar-refractivity contribution in [1.29, 1.82) is 0 Å². The zero-order chi connectivity index (χ0) is 19.1. The van der Waals surface area contributed by atoms with Crippen molar-refractivity contribution in [2.24, 2.45) is 14.5 Å². The summed E-state index contributed by atoms with van der Waals surface area (Å²) in [5.41, 5.74) is 6.77. The van der Waals surface area contributed by atoms with Crippen molar-refractivity contribution in [2.75, 3.05) is 26.2 Å². The lowest BCUT2D eigenvalue weighted by Crippen LogP contribution is -2.35. The minimum Gasteiger partial charge on any atom is -0.494 e. The van der Waals surface area contributed by atoms with Gasteiger partial charge in [-0.15, -0.1) is 8.80 Å². The van der Waals surface area contributed by atoms with E-state index >= 15 is 0 Å². The van der Waals surface area contributed by atoms with Crippen molar-refractivity contribution in [2.45, 2.75) is 38.6 Å². The smallest absolute Gasteiger partial charge is 0.367 e. The molecule has 9 heteroatoms. The largest absolute Gasteiger partial charge is 0.494 e. The first-order valence-electron chi connectivity index (χ1n) is 9.40. The molecular formula is C18H27N5O3S. The number of hydrogen-bond donors (Lipinski definition) is 2.